The lowest BCUT2D eigenvalue weighted by molar-refractivity contribution is 0.0978. The third kappa shape index (κ3) is 5.80. The highest BCUT2D eigenvalue weighted by Crippen LogP contribution is 2.23. The van der Waals surface area contributed by atoms with Gasteiger partial charge in [-0.3, -0.25) is 0 Å². The number of halogens is 1. The lowest BCUT2D eigenvalue weighted by atomic mass is 10.2. The molecule has 0 aliphatic carbocycles. The predicted molar refractivity (Wildman–Crippen MR) is 75.4 cm³/mol. The van der Waals surface area contributed by atoms with E-state index in [9.17, 15) is 8.42 Å². The first-order valence-corrected chi connectivity index (χ1v) is 8.52. The Bertz CT molecular complexity index is 499. The van der Waals surface area contributed by atoms with Gasteiger partial charge in [0.2, 0.25) is 0 Å². The highest BCUT2D eigenvalue weighted by Gasteiger charge is 2.11. The summed E-state index contributed by atoms with van der Waals surface area (Å²) in [4.78, 5) is 0.0817. The topological polar surface area (TPSA) is 52.6 Å². The Hall–Kier alpha value is -0.780. The second kappa shape index (κ2) is 7.72. The zero-order valence-corrected chi connectivity index (χ0v) is 12.8. The molecule has 0 aromatic heterocycles. The van der Waals surface area contributed by atoms with Gasteiger partial charge in [0, 0.05) is 17.3 Å². The normalized spacial score (nSPS) is 11.5. The van der Waals surface area contributed by atoms with Gasteiger partial charge >= 0.3 is 0 Å². The maximum Gasteiger partial charge on any atom is 0.261 e. The van der Waals surface area contributed by atoms with E-state index in [0.29, 0.717) is 19.0 Å². The van der Waals surface area contributed by atoms with Crippen molar-refractivity contribution in [2.24, 2.45) is 0 Å². The van der Waals surface area contributed by atoms with E-state index < -0.39 is 9.05 Å². The van der Waals surface area contributed by atoms with Crippen LogP contribution in [0, 0.1) is 6.92 Å². The molecule has 6 heteroatoms. The van der Waals surface area contributed by atoms with Gasteiger partial charge in [-0.1, -0.05) is 13.3 Å². The van der Waals surface area contributed by atoms with Gasteiger partial charge in [-0.25, -0.2) is 8.42 Å². The van der Waals surface area contributed by atoms with E-state index in [-0.39, 0.29) is 4.90 Å². The highest BCUT2D eigenvalue weighted by molar-refractivity contribution is 8.13. The molecule has 0 saturated heterocycles. The molecular formula is C13H19ClO4S. The van der Waals surface area contributed by atoms with E-state index in [1.54, 1.807) is 13.0 Å². The lowest BCUT2D eigenvalue weighted by Gasteiger charge is -2.10. The Kier molecular flexibility index (Phi) is 6.62. The number of unbranched alkanes of at least 4 members (excludes halogenated alkanes) is 1. The molecule has 0 fully saturated rings. The molecule has 0 heterocycles. The van der Waals surface area contributed by atoms with Crippen LogP contribution in [0.2, 0.25) is 0 Å². The fourth-order valence-electron chi connectivity index (χ4n) is 1.49. The molecule has 19 heavy (non-hydrogen) atoms. The molecule has 0 amide bonds. The molecule has 108 valence electrons. The van der Waals surface area contributed by atoms with Crippen molar-refractivity contribution in [3.63, 3.8) is 0 Å². The summed E-state index contributed by atoms with van der Waals surface area (Å²) >= 11 is 0. The van der Waals surface area contributed by atoms with Crippen LogP contribution in [0.15, 0.2) is 23.1 Å². The van der Waals surface area contributed by atoms with Crippen molar-refractivity contribution < 1.29 is 17.9 Å². The van der Waals surface area contributed by atoms with Crippen molar-refractivity contribution >= 4 is 19.7 Å². The first kappa shape index (κ1) is 16.3. The van der Waals surface area contributed by atoms with E-state index in [0.717, 1.165) is 25.0 Å². The Balaban J connectivity index is 2.47. The van der Waals surface area contributed by atoms with E-state index in [1.165, 1.54) is 12.1 Å². The largest absolute Gasteiger partial charge is 0.491 e. The summed E-state index contributed by atoms with van der Waals surface area (Å²) in [7, 11) is 1.58. The maximum absolute atomic E-state index is 11.2. The molecule has 4 nitrogen and oxygen atoms in total. The Morgan fingerprint density at radius 3 is 2.53 bits per heavy atom. The molecule has 1 aromatic rings. The van der Waals surface area contributed by atoms with Crippen molar-refractivity contribution in [1.82, 2.24) is 0 Å². The molecule has 0 radical (unpaired) electrons. The minimum Gasteiger partial charge on any atom is -0.491 e. The van der Waals surface area contributed by atoms with Gasteiger partial charge < -0.3 is 9.47 Å². The average molecular weight is 307 g/mol. The van der Waals surface area contributed by atoms with Gasteiger partial charge in [-0.05, 0) is 37.1 Å². The molecule has 0 saturated carbocycles. The number of aryl methyl sites for hydroxylation is 1. The summed E-state index contributed by atoms with van der Waals surface area (Å²) in [5.41, 5.74) is 0.732. The molecule has 0 aliphatic heterocycles. The second-order valence-corrected chi connectivity index (χ2v) is 6.75. The molecule has 0 bridgehead atoms. The van der Waals surface area contributed by atoms with Crippen LogP contribution in [-0.2, 0) is 13.8 Å². The number of benzene rings is 1. The summed E-state index contributed by atoms with van der Waals surface area (Å²) in [6, 6.07) is 4.54. The fourth-order valence-corrected chi connectivity index (χ4v) is 2.33. The quantitative estimate of drug-likeness (QED) is 0.547. The van der Waals surface area contributed by atoms with Crippen LogP contribution in [-0.4, -0.2) is 28.2 Å². The standard InChI is InChI=1S/C13H19ClO4S/c1-3-4-7-17-8-9-18-13-6-5-12(10-11(13)2)19(14,15)16/h5-6,10H,3-4,7-9H2,1-2H3. The molecule has 1 aromatic carbocycles. The lowest BCUT2D eigenvalue weighted by Crippen LogP contribution is -2.08. The first-order valence-electron chi connectivity index (χ1n) is 6.21. The third-order valence-corrected chi connectivity index (χ3v) is 3.91. The van der Waals surface area contributed by atoms with Crippen LogP contribution in [0.25, 0.3) is 0 Å². The number of rotatable bonds is 8. The monoisotopic (exact) mass is 306 g/mol. The minimum absolute atomic E-state index is 0.0817. The summed E-state index contributed by atoms with van der Waals surface area (Å²) in [6.45, 7) is 5.59. The molecule has 0 spiro atoms. The van der Waals surface area contributed by atoms with Crippen molar-refractivity contribution in [3.8, 4) is 5.75 Å². The van der Waals surface area contributed by atoms with Crippen LogP contribution in [0.5, 0.6) is 5.75 Å². The predicted octanol–water partition coefficient (Wildman–Crippen LogP) is 3.12. The van der Waals surface area contributed by atoms with Gasteiger partial charge in [-0.15, -0.1) is 0 Å². The zero-order valence-electron chi connectivity index (χ0n) is 11.2. The number of hydrogen-bond acceptors (Lipinski definition) is 4. The highest BCUT2D eigenvalue weighted by atomic mass is 35.7. The SMILES string of the molecule is CCCCOCCOc1ccc(S(=O)(=O)Cl)cc1C. The smallest absolute Gasteiger partial charge is 0.261 e. The van der Waals surface area contributed by atoms with Crippen molar-refractivity contribution in [2.75, 3.05) is 19.8 Å². The zero-order chi connectivity index (χ0) is 14.3. The first-order chi connectivity index (χ1) is 8.95. The Labute approximate surface area is 119 Å². The van der Waals surface area contributed by atoms with Crippen LogP contribution in [0.4, 0.5) is 0 Å². The van der Waals surface area contributed by atoms with Gasteiger partial charge in [0.05, 0.1) is 11.5 Å². The van der Waals surface area contributed by atoms with Crippen molar-refractivity contribution in [3.05, 3.63) is 23.8 Å². The molecule has 1 rings (SSSR count). The van der Waals surface area contributed by atoms with Crippen molar-refractivity contribution in [2.45, 2.75) is 31.6 Å². The molecule has 0 unspecified atom stereocenters. The van der Waals surface area contributed by atoms with Gasteiger partial charge in [0.1, 0.15) is 12.4 Å². The van der Waals surface area contributed by atoms with Crippen LogP contribution in [0.1, 0.15) is 25.3 Å². The van der Waals surface area contributed by atoms with Gasteiger partial charge in [0.25, 0.3) is 9.05 Å². The van der Waals surface area contributed by atoms with Crippen molar-refractivity contribution in [1.29, 1.82) is 0 Å². The number of hydrogen-bond donors (Lipinski definition) is 0. The molecule has 0 atom stereocenters. The Morgan fingerprint density at radius 2 is 1.95 bits per heavy atom. The van der Waals surface area contributed by atoms with E-state index in [2.05, 4.69) is 6.92 Å². The molecule has 0 aliphatic rings. The van der Waals surface area contributed by atoms with E-state index >= 15 is 0 Å². The van der Waals surface area contributed by atoms with Crippen LogP contribution in [0.3, 0.4) is 0 Å². The van der Waals surface area contributed by atoms with E-state index in [1.807, 2.05) is 0 Å². The minimum atomic E-state index is -3.69. The Morgan fingerprint density at radius 1 is 1.21 bits per heavy atom. The van der Waals surface area contributed by atoms with Gasteiger partial charge in [-0.2, -0.15) is 0 Å². The third-order valence-electron chi connectivity index (χ3n) is 2.56. The average Bonchev–Trinajstić information content (AvgIpc) is 2.34. The second-order valence-electron chi connectivity index (χ2n) is 4.18. The summed E-state index contributed by atoms with van der Waals surface area (Å²) < 4.78 is 33.2. The molecular weight excluding hydrogens is 288 g/mol. The summed E-state index contributed by atoms with van der Waals surface area (Å²) in [6.07, 6.45) is 2.15. The fraction of sp³-hybridized carbons (Fsp3) is 0.538. The van der Waals surface area contributed by atoms with Crippen LogP contribution < -0.4 is 4.74 Å². The summed E-state index contributed by atoms with van der Waals surface area (Å²) in [5, 5.41) is 0. The summed E-state index contributed by atoms with van der Waals surface area (Å²) in [5.74, 6) is 0.642. The van der Waals surface area contributed by atoms with E-state index in [4.69, 9.17) is 20.2 Å². The van der Waals surface area contributed by atoms with Crippen LogP contribution >= 0.6 is 10.7 Å². The maximum atomic E-state index is 11.2. The van der Waals surface area contributed by atoms with Gasteiger partial charge in [0.15, 0.2) is 0 Å². The number of ether oxygens (including phenoxy) is 2. The molecule has 0 N–H and O–H groups in total.